The zero-order chi connectivity index (χ0) is 9.97. The molecule has 14 heavy (non-hydrogen) atoms. The predicted molar refractivity (Wildman–Crippen MR) is 60.8 cm³/mol. The summed E-state index contributed by atoms with van der Waals surface area (Å²) in [7, 11) is 0. The van der Waals surface area contributed by atoms with Gasteiger partial charge in [-0.3, -0.25) is 0 Å². The van der Waals surface area contributed by atoms with Gasteiger partial charge in [0.1, 0.15) is 0 Å². The quantitative estimate of drug-likeness (QED) is 0.754. The topological polar surface area (TPSA) is 12.0 Å². The van der Waals surface area contributed by atoms with Crippen LogP contribution in [0.15, 0.2) is 18.2 Å². The molecule has 1 aliphatic rings. The molecule has 1 unspecified atom stereocenters. The Morgan fingerprint density at radius 3 is 2.86 bits per heavy atom. The van der Waals surface area contributed by atoms with Crippen molar-refractivity contribution >= 4 is 0 Å². The Balaban J connectivity index is 2.25. The highest BCUT2D eigenvalue weighted by Crippen LogP contribution is 2.25. The van der Waals surface area contributed by atoms with Crippen LogP contribution in [0.1, 0.15) is 36.0 Å². The third kappa shape index (κ3) is 1.83. The molecule has 0 aromatic heterocycles. The lowest BCUT2D eigenvalue weighted by Crippen LogP contribution is -2.08. The summed E-state index contributed by atoms with van der Waals surface area (Å²) in [4.78, 5) is 0. The second-order valence-electron chi connectivity index (χ2n) is 4.23. The Kier molecular flexibility index (Phi) is 2.87. The summed E-state index contributed by atoms with van der Waals surface area (Å²) < 4.78 is 0. The van der Waals surface area contributed by atoms with Crippen molar-refractivity contribution < 1.29 is 0 Å². The van der Waals surface area contributed by atoms with E-state index in [9.17, 15) is 0 Å². The Hall–Kier alpha value is -0.820. The number of benzene rings is 1. The van der Waals surface area contributed by atoms with Gasteiger partial charge in [-0.2, -0.15) is 0 Å². The molecule has 0 saturated carbocycles. The molecule has 1 heterocycles. The maximum atomic E-state index is 3.43. The van der Waals surface area contributed by atoms with Gasteiger partial charge in [-0.15, -0.1) is 0 Å². The molecule has 1 heteroatoms. The fourth-order valence-corrected chi connectivity index (χ4v) is 2.34. The lowest BCUT2D eigenvalue weighted by atomic mass is 9.92. The highest BCUT2D eigenvalue weighted by Gasteiger charge is 2.17. The van der Waals surface area contributed by atoms with Gasteiger partial charge >= 0.3 is 0 Å². The molecule has 1 nitrogen and oxygen atoms in total. The molecule has 1 saturated heterocycles. The van der Waals surface area contributed by atoms with Crippen LogP contribution in [-0.2, 0) is 6.42 Å². The van der Waals surface area contributed by atoms with Crippen molar-refractivity contribution in [3.8, 4) is 0 Å². The van der Waals surface area contributed by atoms with E-state index >= 15 is 0 Å². The predicted octanol–water partition coefficient (Wildman–Crippen LogP) is 2.63. The first-order valence-electron chi connectivity index (χ1n) is 5.61. The molecule has 0 amide bonds. The molecule has 0 bridgehead atoms. The van der Waals surface area contributed by atoms with Crippen LogP contribution in [0.2, 0.25) is 0 Å². The maximum Gasteiger partial charge on any atom is 0.00207 e. The summed E-state index contributed by atoms with van der Waals surface area (Å²) >= 11 is 0. The lowest BCUT2D eigenvalue weighted by molar-refractivity contribution is 0.756. The molecular weight excluding hydrogens is 170 g/mol. The number of aryl methyl sites for hydroxylation is 2. The molecule has 1 atom stereocenters. The van der Waals surface area contributed by atoms with Gasteiger partial charge in [-0.25, -0.2) is 0 Å². The minimum Gasteiger partial charge on any atom is -0.316 e. The number of hydrogen-bond acceptors (Lipinski definition) is 1. The molecule has 1 aliphatic heterocycles. The van der Waals surface area contributed by atoms with Gasteiger partial charge in [0.15, 0.2) is 0 Å². The van der Waals surface area contributed by atoms with E-state index < -0.39 is 0 Å². The van der Waals surface area contributed by atoms with Crippen molar-refractivity contribution in [2.24, 2.45) is 0 Å². The second kappa shape index (κ2) is 4.14. The molecule has 1 N–H and O–H groups in total. The normalized spacial score (nSPS) is 21.4. The summed E-state index contributed by atoms with van der Waals surface area (Å²) in [5.74, 6) is 0.751. The third-order valence-electron chi connectivity index (χ3n) is 3.24. The van der Waals surface area contributed by atoms with Crippen molar-refractivity contribution in [3.63, 3.8) is 0 Å². The standard InChI is InChI=1S/C13H19N/c1-3-11-4-5-13(10(2)8-11)12-6-7-14-9-12/h4-5,8,12,14H,3,6-7,9H2,1-2H3. The van der Waals surface area contributed by atoms with Gasteiger partial charge in [0.25, 0.3) is 0 Å². The van der Waals surface area contributed by atoms with E-state index in [1.165, 1.54) is 24.1 Å². The Labute approximate surface area is 86.5 Å². The molecule has 0 radical (unpaired) electrons. The van der Waals surface area contributed by atoms with Gasteiger partial charge < -0.3 is 5.32 Å². The van der Waals surface area contributed by atoms with Crippen LogP contribution >= 0.6 is 0 Å². The molecule has 1 aromatic carbocycles. The number of hydrogen-bond donors (Lipinski definition) is 1. The third-order valence-corrected chi connectivity index (χ3v) is 3.24. The SMILES string of the molecule is CCc1ccc(C2CCNC2)c(C)c1. The summed E-state index contributed by atoms with van der Waals surface area (Å²) in [5.41, 5.74) is 4.47. The molecule has 1 fully saturated rings. The fraction of sp³-hybridized carbons (Fsp3) is 0.538. The molecule has 76 valence electrons. The monoisotopic (exact) mass is 189 g/mol. The molecule has 2 rings (SSSR count). The Bertz CT molecular complexity index is 311. The van der Waals surface area contributed by atoms with E-state index in [-0.39, 0.29) is 0 Å². The summed E-state index contributed by atoms with van der Waals surface area (Å²) in [6, 6.07) is 6.94. The van der Waals surface area contributed by atoms with E-state index in [1.54, 1.807) is 5.56 Å². The van der Waals surface area contributed by atoms with Crippen molar-refractivity contribution in [2.75, 3.05) is 13.1 Å². The van der Waals surface area contributed by atoms with Crippen LogP contribution in [0.25, 0.3) is 0 Å². The Morgan fingerprint density at radius 1 is 1.43 bits per heavy atom. The zero-order valence-electron chi connectivity index (χ0n) is 9.14. The fourth-order valence-electron chi connectivity index (χ4n) is 2.34. The number of rotatable bonds is 2. The Morgan fingerprint density at radius 2 is 2.29 bits per heavy atom. The molecular formula is C13H19N. The average Bonchev–Trinajstić information content (AvgIpc) is 2.70. The van der Waals surface area contributed by atoms with Gasteiger partial charge in [0, 0.05) is 6.54 Å². The average molecular weight is 189 g/mol. The van der Waals surface area contributed by atoms with E-state index in [0.29, 0.717) is 0 Å². The van der Waals surface area contributed by atoms with Crippen molar-refractivity contribution in [2.45, 2.75) is 32.6 Å². The van der Waals surface area contributed by atoms with Gasteiger partial charge in [0.2, 0.25) is 0 Å². The first-order valence-corrected chi connectivity index (χ1v) is 5.61. The van der Waals surface area contributed by atoms with Crippen LogP contribution in [0.5, 0.6) is 0 Å². The molecule has 1 aromatic rings. The minimum absolute atomic E-state index is 0.751. The molecule has 0 spiro atoms. The summed E-state index contributed by atoms with van der Waals surface area (Å²) in [6.45, 7) is 6.80. The van der Waals surface area contributed by atoms with Crippen LogP contribution in [0, 0.1) is 6.92 Å². The number of nitrogens with one attached hydrogen (secondary N) is 1. The van der Waals surface area contributed by atoms with E-state index in [2.05, 4.69) is 37.4 Å². The second-order valence-corrected chi connectivity index (χ2v) is 4.23. The zero-order valence-corrected chi connectivity index (χ0v) is 9.14. The van der Waals surface area contributed by atoms with Crippen LogP contribution in [0.4, 0.5) is 0 Å². The summed E-state index contributed by atoms with van der Waals surface area (Å²) in [5, 5.41) is 3.43. The first-order chi connectivity index (χ1) is 6.81. The summed E-state index contributed by atoms with van der Waals surface area (Å²) in [6.07, 6.45) is 2.44. The van der Waals surface area contributed by atoms with Gasteiger partial charge in [-0.05, 0) is 48.9 Å². The highest BCUT2D eigenvalue weighted by atomic mass is 14.9. The van der Waals surface area contributed by atoms with E-state index in [0.717, 1.165) is 18.9 Å². The first kappa shape index (κ1) is 9.72. The van der Waals surface area contributed by atoms with Gasteiger partial charge in [0.05, 0.1) is 0 Å². The van der Waals surface area contributed by atoms with Crippen LogP contribution in [0.3, 0.4) is 0 Å². The highest BCUT2D eigenvalue weighted by molar-refractivity contribution is 5.34. The van der Waals surface area contributed by atoms with E-state index in [1.807, 2.05) is 0 Å². The van der Waals surface area contributed by atoms with Crippen molar-refractivity contribution in [1.29, 1.82) is 0 Å². The van der Waals surface area contributed by atoms with Crippen molar-refractivity contribution in [1.82, 2.24) is 5.32 Å². The van der Waals surface area contributed by atoms with Crippen LogP contribution in [-0.4, -0.2) is 13.1 Å². The maximum absolute atomic E-state index is 3.43. The van der Waals surface area contributed by atoms with Gasteiger partial charge in [-0.1, -0.05) is 25.1 Å². The minimum atomic E-state index is 0.751. The molecule has 0 aliphatic carbocycles. The lowest BCUT2D eigenvalue weighted by Gasteiger charge is -2.13. The van der Waals surface area contributed by atoms with Crippen molar-refractivity contribution in [3.05, 3.63) is 34.9 Å². The smallest absolute Gasteiger partial charge is 0.00207 e. The van der Waals surface area contributed by atoms with Crippen LogP contribution < -0.4 is 5.32 Å². The largest absolute Gasteiger partial charge is 0.316 e. The van der Waals surface area contributed by atoms with E-state index in [4.69, 9.17) is 0 Å².